The molecule has 2 amide bonds. The Bertz CT molecular complexity index is 369. The van der Waals surface area contributed by atoms with Gasteiger partial charge in [0.1, 0.15) is 24.7 Å². The van der Waals surface area contributed by atoms with Crippen molar-refractivity contribution >= 4 is 11.7 Å². The second-order valence-electron chi connectivity index (χ2n) is 3.70. The van der Waals surface area contributed by atoms with Crippen molar-refractivity contribution in [2.24, 2.45) is 5.73 Å². The summed E-state index contributed by atoms with van der Waals surface area (Å²) in [6.45, 7) is 1.93. The maximum Gasteiger partial charge on any atom is 0.420 e. The van der Waals surface area contributed by atoms with Crippen LogP contribution in [0.4, 0.5) is 10.5 Å². The average molecular weight is 208 g/mol. The molecule has 1 atom stereocenters. The highest BCUT2D eigenvalue weighted by atomic mass is 16.3. The predicted octanol–water partition coefficient (Wildman–Crippen LogP) is 0.339. The molecular weight excluding hydrogens is 194 g/mol. The van der Waals surface area contributed by atoms with Gasteiger partial charge in [0, 0.05) is 12.1 Å². The molecule has 0 bridgehead atoms. The Morgan fingerprint density at radius 3 is 2.53 bits per heavy atom. The van der Waals surface area contributed by atoms with Gasteiger partial charge in [-0.05, 0) is 12.1 Å². The summed E-state index contributed by atoms with van der Waals surface area (Å²) < 4.78 is 0.111. The third-order valence-electron chi connectivity index (χ3n) is 2.82. The fraction of sp³-hybridized carbons (Fsp3) is 0.300. The minimum Gasteiger partial charge on any atom is -0.508 e. The van der Waals surface area contributed by atoms with Crippen LogP contribution in [0.25, 0.3) is 0 Å². The Balaban J connectivity index is 2.41. The number of primary amides is 1. The molecule has 1 unspecified atom stereocenters. The molecule has 5 heteroatoms. The number of nitrogens with one attached hydrogen (secondary N) is 1. The number of phenols is 1. The van der Waals surface area contributed by atoms with Crippen LogP contribution in [0.1, 0.15) is 0 Å². The number of quaternary nitrogens is 1. The molecule has 1 aliphatic heterocycles. The van der Waals surface area contributed by atoms with E-state index in [9.17, 15) is 9.90 Å². The van der Waals surface area contributed by atoms with Gasteiger partial charge in [-0.2, -0.15) is 4.48 Å². The lowest BCUT2D eigenvalue weighted by atomic mass is 10.2. The van der Waals surface area contributed by atoms with Gasteiger partial charge in [-0.1, -0.05) is 0 Å². The van der Waals surface area contributed by atoms with Crippen molar-refractivity contribution in [3.8, 4) is 5.75 Å². The third-order valence-corrected chi connectivity index (χ3v) is 2.82. The molecule has 0 radical (unpaired) electrons. The molecule has 2 rings (SSSR count). The largest absolute Gasteiger partial charge is 0.508 e. The first-order chi connectivity index (χ1) is 7.15. The topological polar surface area (TPSA) is 75.4 Å². The number of hydrogen-bond donors (Lipinski definition) is 3. The molecule has 80 valence electrons. The summed E-state index contributed by atoms with van der Waals surface area (Å²) in [6.07, 6.45) is 0. The average Bonchev–Trinajstić information content (AvgIpc) is 2.69. The van der Waals surface area contributed by atoms with E-state index in [0.717, 1.165) is 12.2 Å². The van der Waals surface area contributed by atoms with Crippen LogP contribution in [0.5, 0.6) is 5.75 Å². The van der Waals surface area contributed by atoms with Crippen molar-refractivity contribution in [1.29, 1.82) is 0 Å². The predicted molar refractivity (Wildman–Crippen MR) is 57.2 cm³/mol. The number of carbonyl (C=O) groups excluding carboxylic acids is 1. The third kappa shape index (κ3) is 1.55. The number of nitrogens with zero attached hydrogens (tertiary/aromatic N) is 1. The van der Waals surface area contributed by atoms with Crippen molar-refractivity contribution in [2.75, 3.05) is 19.8 Å². The first-order valence-electron chi connectivity index (χ1n) is 4.82. The van der Waals surface area contributed by atoms with Gasteiger partial charge in [-0.3, -0.25) is 5.32 Å². The van der Waals surface area contributed by atoms with Crippen LogP contribution < -0.4 is 15.5 Å². The molecule has 1 aromatic rings. The number of aromatic hydroxyl groups is 1. The van der Waals surface area contributed by atoms with Crippen LogP contribution in [-0.2, 0) is 0 Å². The molecular formula is C10H14N3O2+. The minimum atomic E-state index is -0.370. The maximum absolute atomic E-state index is 11.5. The van der Waals surface area contributed by atoms with E-state index in [4.69, 9.17) is 5.73 Å². The SMILES string of the molecule is NC(=O)[N+]1(c2ccc(O)cc2)CCNC1. The Morgan fingerprint density at radius 2 is 2.07 bits per heavy atom. The van der Waals surface area contributed by atoms with Crippen molar-refractivity contribution in [2.45, 2.75) is 0 Å². The second kappa shape index (κ2) is 3.52. The molecule has 0 saturated carbocycles. The van der Waals surface area contributed by atoms with Crippen LogP contribution in [0.2, 0.25) is 0 Å². The summed E-state index contributed by atoms with van der Waals surface area (Å²) in [6, 6.07) is 6.22. The maximum atomic E-state index is 11.5. The van der Waals surface area contributed by atoms with Gasteiger partial charge in [-0.25, -0.2) is 4.79 Å². The highest BCUT2D eigenvalue weighted by Gasteiger charge is 2.40. The molecule has 1 aliphatic rings. The van der Waals surface area contributed by atoms with E-state index in [1.54, 1.807) is 24.3 Å². The zero-order valence-corrected chi connectivity index (χ0v) is 8.31. The van der Waals surface area contributed by atoms with E-state index in [1.807, 2.05) is 0 Å². The number of hydrogen-bond acceptors (Lipinski definition) is 3. The van der Waals surface area contributed by atoms with Gasteiger partial charge in [-0.15, -0.1) is 0 Å². The first kappa shape index (κ1) is 9.95. The molecule has 1 saturated heterocycles. The molecule has 1 aromatic carbocycles. The number of amides is 2. The lowest BCUT2D eigenvalue weighted by Crippen LogP contribution is -2.56. The normalized spacial score (nSPS) is 25.3. The van der Waals surface area contributed by atoms with Crippen molar-refractivity contribution < 1.29 is 9.90 Å². The summed E-state index contributed by atoms with van der Waals surface area (Å²) in [7, 11) is 0. The van der Waals surface area contributed by atoms with E-state index in [2.05, 4.69) is 5.32 Å². The highest BCUT2D eigenvalue weighted by Crippen LogP contribution is 2.26. The quantitative estimate of drug-likeness (QED) is 0.582. The summed E-state index contributed by atoms with van der Waals surface area (Å²) in [5.74, 6) is 0.188. The fourth-order valence-electron chi connectivity index (χ4n) is 1.89. The van der Waals surface area contributed by atoms with Crippen LogP contribution in [-0.4, -0.2) is 30.9 Å². The van der Waals surface area contributed by atoms with Gasteiger partial charge in [0.05, 0.1) is 6.54 Å². The lowest BCUT2D eigenvalue weighted by molar-refractivity contribution is 0.218. The van der Waals surface area contributed by atoms with Crippen LogP contribution in [0.3, 0.4) is 0 Å². The Labute approximate surface area is 87.7 Å². The molecule has 0 aromatic heterocycles. The van der Waals surface area contributed by atoms with E-state index >= 15 is 0 Å². The summed E-state index contributed by atoms with van der Waals surface area (Å²) >= 11 is 0. The smallest absolute Gasteiger partial charge is 0.420 e. The molecule has 1 fully saturated rings. The fourth-order valence-corrected chi connectivity index (χ4v) is 1.89. The number of benzene rings is 1. The van der Waals surface area contributed by atoms with Gasteiger partial charge in [0.25, 0.3) is 0 Å². The number of phenolic OH excluding ortho intramolecular Hbond substituents is 1. The number of rotatable bonds is 1. The number of nitrogens with two attached hydrogens (primary N) is 1. The monoisotopic (exact) mass is 208 g/mol. The molecule has 5 nitrogen and oxygen atoms in total. The van der Waals surface area contributed by atoms with Crippen molar-refractivity contribution in [3.63, 3.8) is 0 Å². The van der Waals surface area contributed by atoms with Crippen molar-refractivity contribution in [3.05, 3.63) is 24.3 Å². The second-order valence-corrected chi connectivity index (χ2v) is 3.70. The molecule has 4 N–H and O–H groups in total. The standard InChI is InChI=1S/C10H13N3O2/c11-10(15)13(6-5-12-7-13)8-1-3-9(14)4-2-8/h1-4,12H,5-7H2,(H2-,11,14,15)/p+1. The lowest BCUT2D eigenvalue weighted by Gasteiger charge is -2.27. The number of urea groups is 1. The van der Waals surface area contributed by atoms with Gasteiger partial charge in [0.15, 0.2) is 0 Å². The molecule has 15 heavy (non-hydrogen) atoms. The van der Waals surface area contributed by atoms with Crippen LogP contribution in [0, 0.1) is 0 Å². The first-order valence-corrected chi connectivity index (χ1v) is 4.82. The van der Waals surface area contributed by atoms with E-state index in [-0.39, 0.29) is 16.3 Å². The van der Waals surface area contributed by atoms with Crippen LogP contribution in [0.15, 0.2) is 24.3 Å². The molecule has 1 heterocycles. The summed E-state index contributed by atoms with van der Waals surface area (Å²) in [5.41, 5.74) is 6.24. The summed E-state index contributed by atoms with van der Waals surface area (Å²) in [4.78, 5) is 11.5. The van der Waals surface area contributed by atoms with Crippen LogP contribution >= 0.6 is 0 Å². The zero-order chi connectivity index (χ0) is 10.9. The Kier molecular flexibility index (Phi) is 2.34. The minimum absolute atomic E-state index is 0.111. The molecule has 0 spiro atoms. The van der Waals surface area contributed by atoms with Gasteiger partial charge in [0.2, 0.25) is 0 Å². The zero-order valence-electron chi connectivity index (χ0n) is 8.31. The van der Waals surface area contributed by atoms with E-state index < -0.39 is 0 Å². The van der Waals surface area contributed by atoms with E-state index in [0.29, 0.717) is 13.2 Å². The van der Waals surface area contributed by atoms with Gasteiger partial charge < -0.3 is 10.8 Å². The Hall–Kier alpha value is -1.59. The van der Waals surface area contributed by atoms with Crippen molar-refractivity contribution in [1.82, 2.24) is 9.80 Å². The molecule has 0 aliphatic carbocycles. The van der Waals surface area contributed by atoms with Gasteiger partial charge >= 0.3 is 6.03 Å². The number of carbonyl (C=O) groups is 1. The Morgan fingerprint density at radius 1 is 1.40 bits per heavy atom. The highest BCUT2D eigenvalue weighted by molar-refractivity contribution is 5.86. The van der Waals surface area contributed by atoms with E-state index in [1.165, 1.54) is 0 Å². The summed E-state index contributed by atoms with van der Waals surface area (Å²) in [5, 5.41) is 12.3.